The van der Waals surface area contributed by atoms with Crippen molar-refractivity contribution in [3.05, 3.63) is 21.5 Å². The van der Waals surface area contributed by atoms with Crippen molar-refractivity contribution in [1.82, 2.24) is 0 Å². The van der Waals surface area contributed by atoms with Crippen molar-refractivity contribution < 1.29 is 0 Å². The van der Waals surface area contributed by atoms with Crippen molar-refractivity contribution in [3.63, 3.8) is 0 Å². The summed E-state index contributed by atoms with van der Waals surface area (Å²) in [5, 5.41) is 0. The molecule has 1 aromatic heterocycles. The summed E-state index contributed by atoms with van der Waals surface area (Å²) in [6, 6.07) is 2.21. The van der Waals surface area contributed by atoms with Gasteiger partial charge in [-0.3, -0.25) is 0 Å². The Morgan fingerprint density at radius 3 is 2.46 bits per heavy atom. The smallest absolute Gasteiger partial charge is 0.143 e. The van der Waals surface area contributed by atoms with Gasteiger partial charge in [-0.2, -0.15) is 0 Å². The summed E-state index contributed by atoms with van der Waals surface area (Å²) in [6.45, 7) is 6.61. The maximum absolute atomic E-state index is 3.55. The maximum atomic E-state index is 3.55. The van der Waals surface area contributed by atoms with E-state index in [2.05, 4.69) is 62.8 Å². The molecule has 1 rings (SSSR count). The number of halogens is 1. The second-order valence-corrected chi connectivity index (χ2v) is 6.86. The van der Waals surface area contributed by atoms with Crippen molar-refractivity contribution in [2.45, 2.75) is 20.8 Å². The molecular formula is C10H14BBrS. The highest BCUT2D eigenvalue weighted by Crippen LogP contribution is 2.25. The van der Waals surface area contributed by atoms with Crippen LogP contribution >= 0.6 is 27.3 Å². The van der Waals surface area contributed by atoms with Crippen LogP contribution in [0.5, 0.6) is 0 Å². The van der Waals surface area contributed by atoms with Crippen LogP contribution in [0, 0.1) is 5.41 Å². The normalized spacial score (nSPS) is 12.6. The summed E-state index contributed by atoms with van der Waals surface area (Å²) in [5.74, 6) is 0. The monoisotopic (exact) mass is 256 g/mol. The molecule has 0 aliphatic heterocycles. The number of hydrogen-bond acceptors (Lipinski definition) is 1. The van der Waals surface area contributed by atoms with Crippen LogP contribution < -0.4 is 4.78 Å². The average Bonchev–Trinajstić information content (AvgIpc) is 2.24. The van der Waals surface area contributed by atoms with Gasteiger partial charge >= 0.3 is 0 Å². The summed E-state index contributed by atoms with van der Waals surface area (Å²) in [7, 11) is 2.13. The third kappa shape index (κ3) is 3.69. The SMILES string of the molecule is Bc1cc(/C=C/C(C)(C)C)c(Br)s1. The summed E-state index contributed by atoms with van der Waals surface area (Å²) < 4.78 is 2.57. The van der Waals surface area contributed by atoms with Crippen LogP contribution in [0.1, 0.15) is 26.3 Å². The molecule has 0 N–H and O–H groups in total. The Morgan fingerprint density at radius 2 is 2.08 bits per heavy atom. The van der Waals surface area contributed by atoms with E-state index in [1.807, 2.05) is 0 Å². The highest BCUT2D eigenvalue weighted by atomic mass is 79.9. The molecule has 0 saturated heterocycles. The van der Waals surface area contributed by atoms with Gasteiger partial charge in [0, 0.05) is 0 Å². The fraction of sp³-hybridized carbons (Fsp3) is 0.400. The molecule has 0 fully saturated rings. The molecule has 0 radical (unpaired) electrons. The Bertz CT molecular complexity index is 320. The fourth-order valence-corrected chi connectivity index (χ4v) is 2.68. The Hall–Kier alpha value is -0.0151. The zero-order chi connectivity index (χ0) is 10.1. The first-order valence-corrected chi connectivity index (χ1v) is 5.94. The van der Waals surface area contributed by atoms with Crippen LogP contribution in [0.2, 0.25) is 0 Å². The number of thiophene rings is 1. The van der Waals surface area contributed by atoms with Gasteiger partial charge in [0.05, 0.1) is 3.79 Å². The first kappa shape index (κ1) is 11.1. The second kappa shape index (κ2) is 4.01. The summed E-state index contributed by atoms with van der Waals surface area (Å²) in [4.78, 5) is 0. The zero-order valence-corrected chi connectivity index (χ0v) is 10.9. The van der Waals surface area contributed by atoms with E-state index in [0.717, 1.165) is 0 Å². The molecule has 0 nitrogen and oxygen atoms in total. The van der Waals surface area contributed by atoms with Crippen LogP contribution in [0.15, 0.2) is 15.9 Å². The van der Waals surface area contributed by atoms with Crippen molar-refractivity contribution in [2.75, 3.05) is 0 Å². The molecule has 0 aliphatic rings. The van der Waals surface area contributed by atoms with Gasteiger partial charge in [-0.25, -0.2) is 0 Å². The molecule has 1 heterocycles. The lowest BCUT2D eigenvalue weighted by atomic mass is 9.95. The summed E-state index contributed by atoms with van der Waals surface area (Å²) in [5.41, 5.74) is 1.55. The predicted molar refractivity (Wildman–Crippen MR) is 68.7 cm³/mol. The van der Waals surface area contributed by atoms with Crippen molar-refractivity contribution in [3.8, 4) is 0 Å². The van der Waals surface area contributed by atoms with E-state index in [1.165, 1.54) is 14.1 Å². The van der Waals surface area contributed by atoms with Crippen LogP contribution in [0.25, 0.3) is 6.08 Å². The van der Waals surface area contributed by atoms with Crippen LogP contribution in [-0.2, 0) is 0 Å². The van der Waals surface area contributed by atoms with E-state index >= 15 is 0 Å². The summed E-state index contributed by atoms with van der Waals surface area (Å²) >= 11 is 5.34. The van der Waals surface area contributed by atoms with E-state index in [4.69, 9.17) is 0 Å². The largest absolute Gasteiger partial charge is 0.152 e. The lowest BCUT2D eigenvalue weighted by molar-refractivity contribution is 0.547. The van der Waals surface area contributed by atoms with E-state index in [-0.39, 0.29) is 5.41 Å². The van der Waals surface area contributed by atoms with Crippen molar-refractivity contribution in [1.29, 1.82) is 0 Å². The summed E-state index contributed by atoms with van der Waals surface area (Å²) in [6.07, 6.45) is 4.42. The Balaban J connectivity index is 2.86. The fourth-order valence-electron chi connectivity index (χ4n) is 0.959. The molecule has 70 valence electrons. The Labute approximate surface area is 93.6 Å². The number of rotatable bonds is 1. The van der Waals surface area contributed by atoms with Crippen LogP contribution in [-0.4, -0.2) is 7.85 Å². The molecule has 1 aromatic rings. The van der Waals surface area contributed by atoms with Gasteiger partial charge in [0.2, 0.25) is 0 Å². The molecule has 0 bridgehead atoms. The van der Waals surface area contributed by atoms with Gasteiger partial charge in [-0.15, -0.1) is 11.3 Å². The van der Waals surface area contributed by atoms with Gasteiger partial charge < -0.3 is 0 Å². The first-order chi connectivity index (χ1) is 5.88. The first-order valence-electron chi connectivity index (χ1n) is 4.34. The molecule has 0 unspecified atom stereocenters. The standard InChI is InChI=1S/C10H14BBrS/c1-10(2,3)5-4-7-6-8(11)13-9(7)12/h4-6H,11H2,1-3H3/b5-4+. The molecule has 0 amide bonds. The molecule has 0 saturated carbocycles. The average molecular weight is 257 g/mol. The van der Waals surface area contributed by atoms with Gasteiger partial charge in [-0.1, -0.05) is 32.9 Å². The third-order valence-corrected chi connectivity index (χ3v) is 3.40. The van der Waals surface area contributed by atoms with Crippen molar-refractivity contribution in [2.24, 2.45) is 5.41 Å². The minimum Gasteiger partial charge on any atom is -0.143 e. The molecule has 3 heteroatoms. The molecule has 0 aliphatic carbocycles. The van der Waals surface area contributed by atoms with Crippen LogP contribution in [0.4, 0.5) is 0 Å². The number of hydrogen-bond donors (Lipinski definition) is 0. The van der Waals surface area contributed by atoms with E-state index < -0.39 is 0 Å². The number of allylic oxidation sites excluding steroid dienone is 1. The van der Waals surface area contributed by atoms with Gasteiger partial charge in [0.1, 0.15) is 0 Å². The zero-order valence-electron chi connectivity index (χ0n) is 8.52. The van der Waals surface area contributed by atoms with Crippen molar-refractivity contribution >= 4 is 46.0 Å². The molecule has 13 heavy (non-hydrogen) atoms. The Morgan fingerprint density at radius 1 is 1.46 bits per heavy atom. The maximum Gasteiger partial charge on any atom is 0.152 e. The topological polar surface area (TPSA) is 0 Å². The lowest BCUT2D eigenvalue weighted by Gasteiger charge is -2.10. The molecular weight excluding hydrogens is 243 g/mol. The molecule has 0 spiro atoms. The second-order valence-electron chi connectivity index (χ2n) is 4.29. The highest BCUT2D eigenvalue weighted by Gasteiger charge is 2.05. The van der Waals surface area contributed by atoms with Gasteiger partial charge in [0.25, 0.3) is 0 Å². The van der Waals surface area contributed by atoms with Gasteiger partial charge in [0.15, 0.2) is 7.85 Å². The molecule has 0 atom stereocenters. The third-order valence-electron chi connectivity index (χ3n) is 1.60. The predicted octanol–water partition coefficient (Wildman–Crippen LogP) is 2.83. The lowest BCUT2D eigenvalue weighted by Crippen LogP contribution is -1.98. The van der Waals surface area contributed by atoms with Gasteiger partial charge in [-0.05, 0) is 37.8 Å². The molecule has 0 aromatic carbocycles. The quantitative estimate of drug-likeness (QED) is 0.678. The Kier molecular flexibility index (Phi) is 3.41. The van der Waals surface area contributed by atoms with E-state index in [1.54, 1.807) is 11.3 Å². The minimum absolute atomic E-state index is 0.259. The van der Waals surface area contributed by atoms with E-state index in [9.17, 15) is 0 Å². The minimum atomic E-state index is 0.259. The van der Waals surface area contributed by atoms with Crippen LogP contribution in [0.3, 0.4) is 0 Å². The van der Waals surface area contributed by atoms with E-state index in [0.29, 0.717) is 0 Å². The highest BCUT2D eigenvalue weighted by molar-refractivity contribution is 9.11.